The van der Waals surface area contributed by atoms with E-state index in [9.17, 15) is 48.6 Å². The molecule has 5 aliphatic rings. The van der Waals surface area contributed by atoms with Crippen molar-refractivity contribution >= 4 is 214 Å². The first-order valence-electron chi connectivity index (χ1n) is 38.0. The van der Waals surface area contributed by atoms with Gasteiger partial charge in [0.25, 0.3) is 28.9 Å². The molecule has 0 saturated carbocycles. The number of aromatic nitrogens is 5. The van der Waals surface area contributed by atoms with Crippen molar-refractivity contribution in [3.8, 4) is 22.1 Å². The summed E-state index contributed by atoms with van der Waals surface area (Å²) in [6.45, 7) is 30.0. The maximum Gasteiger partial charge on any atom is 0.494 e. The number of piperidine rings is 4. The van der Waals surface area contributed by atoms with Crippen molar-refractivity contribution < 1.29 is 62.6 Å². The van der Waals surface area contributed by atoms with Gasteiger partial charge >= 0.3 is 13.2 Å². The highest BCUT2D eigenvalue weighted by Crippen LogP contribution is 2.38. The number of aromatic hydroxyl groups is 2. The molecule has 0 unspecified atom stereocenters. The monoisotopic (exact) mass is 1970 g/mol. The molecule has 10 heterocycles. The van der Waals surface area contributed by atoms with Gasteiger partial charge in [-0.1, -0.05) is 42.5 Å². The molecule has 5 aliphatic heterocycles. The van der Waals surface area contributed by atoms with E-state index >= 15 is 0 Å². The molecule has 5 aromatic heterocycles. The highest BCUT2D eigenvalue weighted by molar-refractivity contribution is 9.11. The minimum atomic E-state index is -0.487. The summed E-state index contributed by atoms with van der Waals surface area (Å²) < 4.78 is 20.4. The number of phenols is 2. The average molecular weight is 1970 g/mol. The lowest BCUT2D eigenvalue weighted by atomic mass is 9.78. The lowest BCUT2D eigenvalue weighted by Crippen LogP contribution is -2.47. The number of amides is 5. The number of likely N-dealkylation sites (tertiary alicyclic amines) is 3. The van der Waals surface area contributed by atoms with Crippen LogP contribution >= 0.6 is 132 Å². The van der Waals surface area contributed by atoms with Crippen LogP contribution in [0.2, 0.25) is 0 Å². The number of aryl methyl sites for hydroxylation is 5. The van der Waals surface area contributed by atoms with Gasteiger partial charge in [-0.2, -0.15) is 0 Å². The number of halogens is 5. The number of hydrogen-bond acceptors (Lipinski definition) is 26. The number of ether oxygens (including phenoxy) is 1. The van der Waals surface area contributed by atoms with Gasteiger partial charge in [0.05, 0.1) is 50.8 Å². The quantitative estimate of drug-likeness (QED) is 0.0320. The summed E-state index contributed by atoms with van der Waals surface area (Å²) in [7, 11) is 3.77. The van der Waals surface area contributed by atoms with E-state index in [1.54, 1.807) is 24.0 Å². The molecule has 9 aromatic rings. The Hall–Kier alpha value is -6.62. The summed E-state index contributed by atoms with van der Waals surface area (Å²) in [5, 5.41) is 38.6. The molecule has 0 aliphatic carbocycles. The maximum absolute atomic E-state index is 12.8. The number of phenolic OH excluding ortho intramolecular Hbond substituents is 2. The van der Waals surface area contributed by atoms with Crippen LogP contribution < -0.4 is 32.0 Å². The summed E-state index contributed by atoms with van der Waals surface area (Å²) in [6.07, 6.45) is 8.49. The molecule has 628 valence electrons. The number of aldehydes is 2. The minimum absolute atomic E-state index is 0.00704. The number of benzene rings is 4. The van der Waals surface area contributed by atoms with E-state index in [2.05, 4.69) is 139 Å². The number of fused-ring (bicyclic) bond motifs is 2. The van der Waals surface area contributed by atoms with Crippen molar-refractivity contribution in [2.75, 3.05) is 66.5 Å². The summed E-state index contributed by atoms with van der Waals surface area (Å²) in [6, 6.07) is 18.7. The van der Waals surface area contributed by atoms with E-state index in [1.807, 2.05) is 113 Å². The standard InChI is InChI=1S/C22H23N3O3S.C17H19BO4.C15H22BrN3O3S.C11H16BrN3OS.C10H14BrN3OS.C5H3BrClNOS/c1-13-20(21(28)24-16-7-9-25(2)10-8-16)29-22(23-13)15-3-5-17-14(11-15)4-6-19(27)18(17)12-26;1-16(2)17(3,4)22-18(21-16)12-6-7-13-11(9-12)5-8-15(20)14(13)10-19;1-9-11(23-13(16)17-9)12(20)18-10-5-7-19(8-6-10)14(21)22-15(2,3)4;1-7-9(17-11(12)13-7)10(16)14-8-3-5-15(2)6-4-8;1-6-8(16-10(11)13-6)9(15)14-7-2-4-12-5-3-7;1-2-3(4(7)9)10-5(6)8-2/h3-6,11-12,16,27H,7-10H2,1-2H3,(H,24,28);5-10,20H,1-4H3;10H,5-8H2,1-4H3,(H,18,20);8H,3-6H2,1-2H3,(H,14,16);7,12H,2-5H2,1H3,(H,14,15);1H3. The van der Waals surface area contributed by atoms with E-state index in [4.69, 9.17) is 25.6 Å². The Kier molecular flexibility index (Phi) is 34.0. The molecule has 4 aromatic carbocycles. The van der Waals surface area contributed by atoms with Gasteiger partial charge in [0.2, 0.25) is 0 Å². The normalized spacial score (nSPS) is 16.6. The fourth-order valence-electron chi connectivity index (χ4n) is 13.0. The van der Waals surface area contributed by atoms with Gasteiger partial charge in [-0.15, -0.1) is 56.7 Å². The second kappa shape index (κ2) is 42.3. The van der Waals surface area contributed by atoms with E-state index in [1.165, 1.54) is 68.8 Å². The third-order valence-corrected chi connectivity index (χ3v) is 28.2. The second-order valence-corrected chi connectivity index (χ2v) is 41.2. The third kappa shape index (κ3) is 26.2. The summed E-state index contributed by atoms with van der Waals surface area (Å²) >= 11 is 25.0. The summed E-state index contributed by atoms with van der Waals surface area (Å²) in [4.78, 5) is 125. The van der Waals surface area contributed by atoms with Crippen molar-refractivity contribution in [3.63, 3.8) is 0 Å². The zero-order valence-electron chi connectivity index (χ0n) is 67.5. The molecule has 14 rings (SSSR count). The van der Waals surface area contributed by atoms with Crippen molar-refractivity contribution in [1.82, 2.24) is 66.2 Å². The van der Waals surface area contributed by atoms with Gasteiger partial charge in [-0.25, -0.2) is 29.7 Å². The zero-order valence-corrected chi connectivity index (χ0v) is 78.7. The predicted octanol–water partition coefficient (Wildman–Crippen LogP) is 15.9. The number of nitrogens with zero attached hydrogens (tertiary/aromatic N) is 8. The van der Waals surface area contributed by atoms with Crippen molar-refractivity contribution in [1.29, 1.82) is 0 Å². The Morgan fingerprint density at radius 1 is 0.521 bits per heavy atom. The fraction of sp³-hybridized carbons (Fsp3) is 0.463. The van der Waals surface area contributed by atoms with Crippen LogP contribution in [0.3, 0.4) is 0 Å². The van der Waals surface area contributed by atoms with E-state index in [0.29, 0.717) is 81.7 Å². The Labute approximate surface area is 740 Å². The van der Waals surface area contributed by atoms with Crippen LogP contribution in [0, 0.1) is 34.6 Å². The Balaban J connectivity index is 0.000000164. The molecule has 117 heavy (non-hydrogen) atoms. The minimum Gasteiger partial charge on any atom is -0.507 e. The van der Waals surface area contributed by atoms with Crippen LogP contribution in [-0.2, 0) is 14.0 Å². The largest absolute Gasteiger partial charge is 0.507 e. The molecule has 26 nitrogen and oxygen atoms in total. The van der Waals surface area contributed by atoms with Gasteiger partial charge in [0, 0.05) is 42.8 Å². The second-order valence-electron chi connectivity index (χ2n) is 30.8. The third-order valence-electron chi connectivity index (χ3n) is 20.3. The van der Waals surface area contributed by atoms with Gasteiger partial charge in [0.1, 0.15) is 46.5 Å². The summed E-state index contributed by atoms with van der Waals surface area (Å²) in [5.41, 5.74) is 4.80. The molecule has 5 saturated heterocycles. The first-order chi connectivity index (χ1) is 55.2. The number of carbonyl (C=O) groups excluding carboxylic acids is 8. The topological polar surface area (TPSA) is 339 Å². The molecular formula is C80H97BBr4ClN13O13S5. The van der Waals surface area contributed by atoms with Crippen LogP contribution in [0.25, 0.3) is 32.1 Å². The first-order valence-corrected chi connectivity index (χ1v) is 45.6. The van der Waals surface area contributed by atoms with Crippen LogP contribution in [0.1, 0.15) is 197 Å². The number of rotatable bonds is 13. The van der Waals surface area contributed by atoms with Crippen LogP contribution in [0.15, 0.2) is 76.3 Å². The van der Waals surface area contributed by atoms with Crippen LogP contribution in [-0.4, -0.2) is 212 Å². The average Bonchev–Trinajstić information content (AvgIpc) is 1.52. The molecule has 5 amide bonds. The Morgan fingerprint density at radius 3 is 1.23 bits per heavy atom. The number of hydrogen-bond donors (Lipinski definition) is 7. The molecule has 5 fully saturated rings. The Morgan fingerprint density at radius 2 is 0.872 bits per heavy atom. The fourth-order valence-corrected chi connectivity index (χ4v) is 20.0. The maximum atomic E-state index is 12.8. The highest BCUT2D eigenvalue weighted by atomic mass is 79.9. The van der Waals surface area contributed by atoms with Crippen LogP contribution in [0.5, 0.6) is 11.5 Å². The van der Waals surface area contributed by atoms with Crippen molar-refractivity contribution in [2.24, 2.45) is 0 Å². The molecule has 7 N–H and O–H groups in total. The molecule has 0 radical (unpaired) electrons. The lowest BCUT2D eigenvalue weighted by molar-refractivity contribution is 0.00578. The zero-order chi connectivity index (χ0) is 85.5. The van der Waals surface area contributed by atoms with Gasteiger partial charge in [0.15, 0.2) is 28.2 Å². The number of thiazole rings is 5. The van der Waals surface area contributed by atoms with Crippen LogP contribution in [0.4, 0.5) is 4.79 Å². The molecule has 0 spiro atoms. The Bertz CT molecular complexity index is 5030. The van der Waals surface area contributed by atoms with E-state index in [0.717, 1.165) is 158 Å². The summed E-state index contributed by atoms with van der Waals surface area (Å²) in [5.74, 6) is -0.173. The first kappa shape index (κ1) is 94.2. The number of nitrogens with one attached hydrogen (secondary N) is 5. The molecule has 0 atom stereocenters. The molecular weight excluding hydrogens is 1880 g/mol. The van der Waals surface area contributed by atoms with E-state index < -0.39 is 29.2 Å². The van der Waals surface area contributed by atoms with E-state index in [-0.39, 0.29) is 58.9 Å². The number of carbonyl (C=O) groups is 8. The smallest absolute Gasteiger partial charge is 0.494 e. The SMILES string of the molecule is CC1(C)OB(c2ccc3c(C=O)c(O)ccc3c2)OC1(C)C.Cc1nc(-c2ccc3c(C=O)c(O)ccc3c2)sc1C(=O)NC1CCN(C)CC1.Cc1nc(Br)sc1C(=O)Cl.Cc1nc(Br)sc1C(=O)NC1CCN(C(=O)OC(C)(C)C)CC1.Cc1nc(Br)sc1C(=O)NC1CCN(C)CC1.Cc1nc(Br)sc1C(=O)NC1CCNCC1. The lowest BCUT2D eigenvalue weighted by Gasteiger charge is -2.33. The van der Waals surface area contributed by atoms with Gasteiger partial charge < -0.3 is 65.5 Å². The molecule has 37 heteroatoms. The van der Waals surface area contributed by atoms with Crippen molar-refractivity contribution in [3.05, 3.63) is 140 Å². The van der Waals surface area contributed by atoms with Gasteiger partial charge in [-0.3, -0.25) is 33.6 Å². The predicted molar refractivity (Wildman–Crippen MR) is 480 cm³/mol. The van der Waals surface area contributed by atoms with Gasteiger partial charge in [-0.05, 0) is 308 Å². The van der Waals surface area contributed by atoms with Crippen molar-refractivity contribution in [2.45, 2.75) is 175 Å². The molecule has 0 bridgehead atoms. The highest BCUT2D eigenvalue weighted by Gasteiger charge is 2.52.